The topological polar surface area (TPSA) is 88.3 Å². The van der Waals surface area contributed by atoms with Crippen molar-refractivity contribution in [3.8, 4) is 0 Å². The number of aromatic nitrogens is 2. The van der Waals surface area contributed by atoms with Crippen LogP contribution >= 0.6 is 27.7 Å². The van der Waals surface area contributed by atoms with Gasteiger partial charge in [0.15, 0.2) is 0 Å². The minimum Gasteiger partial charge on any atom is -0.414 e. The summed E-state index contributed by atoms with van der Waals surface area (Å²) in [5.74, 6) is 0.342. The highest BCUT2D eigenvalue weighted by Crippen LogP contribution is 2.24. The number of benzene rings is 1. The second kappa shape index (κ2) is 8.01. The first-order valence-electron chi connectivity index (χ1n) is 7.84. The van der Waals surface area contributed by atoms with Crippen LogP contribution in [0.3, 0.4) is 0 Å². The molecule has 132 valence electrons. The number of rotatable bonds is 6. The molecule has 0 radical (unpaired) electrons. The highest BCUT2D eigenvalue weighted by atomic mass is 79.9. The first kappa shape index (κ1) is 17.9. The number of hydrogen-bond donors (Lipinski definition) is 1. The molecule has 1 aromatic carbocycles. The van der Waals surface area contributed by atoms with Gasteiger partial charge in [0.25, 0.3) is 5.22 Å². The number of amides is 2. The fraction of sp³-hybridized carbons (Fsp3) is 0.375. The molecule has 1 aromatic heterocycles. The summed E-state index contributed by atoms with van der Waals surface area (Å²) in [6, 6.07) is 7.35. The van der Waals surface area contributed by atoms with E-state index >= 15 is 0 Å². The lowest BCUT2D eigenvalue weighted by molar-refractivity contribution is -0.128. The number of hydrogen-bond acceptors (Lipinski definition) is 6. The van der Waals surface area contributed by atoms with Crippen LogP contribution in [0.5, 0.6) is 0 Å². The average molecular weight is 425 g/mol. The van der Waals surface area contributed by atoms with Crippen molar-refractivity contribution in [1.82, 2.24) is 15.1 Å². The Morgan fingerprint density at radius 1 is 1.40 bits per heavy atom. The lowest BCUT2D eigenvalue weighted by atomic mass is 10.3. The fourth-order valence-electron chi connectivity index (χ4n) is 2.37. The minimum atomic E-state index is -0.398. The summed E-state index contributed by atoms with van der Waals surface area (Å²) in [5, 5.41) is 10.7. The second-order valence-corrected chi connectivity index (χ2v) is 7.84. The average Bonchev–Trinajstić information content (AvgIpc) is 3.19. The van der Waals surface area contributed by atoms with Gasteiger partial charge < -0.3 is 14.6 Å². The quantitative estimate of drug-likeness (QED) is 0.716. The second-order valence-electron chi connectivity index (χ2n) is 5.64. The number of thioether (sulfide) groups is 1. The maximum absolute atomic E-state index is 12.2. The van der Waals surface area contributed by atoms with E-state index in [-0.39, 0.29) is 11.8 Å². The number of halogens is 1. The predicted octanol–water partition coefficient (Wildman–Crippen LogP) is 3.07. The van der Waals surface area contributed by atoms with E-state index in [4.69, 9.17) is 4.42 Å². The van der Waals surface area contributed by atoms with Crippen LogP contribution in [0, 0.1) is 0 Å². The summed E-state index contributed by atoms with van der Waals surface area (Å²) < 4.78 is 6.49. The van der Waals surface area contributed by atoms with E-state index in [0.717, 1.165) is 23.1 Å². The monoisotopic (exact) mass is 424 g/mol. The zero-order valence-electron chi connectivity index (χ0n) is 13.6. The molecule has 1 N–H and O–H groups in total. The van der Waals surface area contributed by atoms with Crippen LogP contribution in [0.25, 0.3) is 0 Å². The van der Waals surface area contributed by atoms with Gasteiger partial charge in [-0.05, 0) is 37.6 Å². The summed E-state index contributed by atoms with van der Waals surface area (Å²) in [5.41, 5.74) is 0.722. The Morgan fingerprint density at radius 3 is 2.84 bits per heavy atom. The van der Waals surface area contributed by atoms with Crippen LogP contribution in [0.2, 0.25) is 0 Å². The molecule has 0 spiro atoms. The molecule has 0 bridgehead atoms. The number of carbonyl (C=O) groups excluding carboxylic acids is 2. The minimum absolute atomic E-state index is 0.106. The molecule has 25 heavy (non-hydrogen) atoms. The largest absolute Gasteiger partial charge is 0.414 e. The highest BCUT2D eigenvalue weighted by molar-refractivity contribution is 9.10. The molecule has 1 aliphatic rings. The molecule has 2 heterocycles. The standard InChI is InChI=1S/C16H17BrN4O3S/c1-10(15(23)18-12-6-4-11(17)5-7-12)25-16-20-19-13(24-16)9-21-8-2-3-14(21)22/h4-7,10H,2-3,8-9H2,1H3,(H,18,23). The summed E-state index contributed by atoms with van der Waals surface area (Å²) in [6.45, 7) is 2.81. The van der Waals surface area contributed by atoms with Gasteiger partial charge in [-0.25, -0.2) is 0 Å². The molecule has 1 atom stereocenters. The van der Waals surface area contributed by atoms with Crippen molar-refractivity contribution < 1.29 is 14.0 Å². The Labute approximate surface area is 157 Å². The molecule has 2 aromatic rings. The molecule has 1 saturated heterocycles. The smallest absolute Gasteiger partial charge is 0.277 e. The van der Waals surface area contributed by atoms with E-state index in [1.165, 1.54) is 11.8 Å². The van der Waals surface area contributed by atoms with E-state index in [1.54, 1.807) is 11.8 Å². The van der Waals surface area contributed by atoms with E-state index in [0.29, 0.717) is 24.1 Å². The van der Waals surface area contributed by atoms with Gasteiger partial charge in [-0.3, -0.25) is 9.59 Å². The molecule has 0 aliphatic carbocycles. The molecule has 2 amide bonds. The first-order chi connectivity index (χ1) is 12.0. The predicted molar refractivity (Wildman–Crippen MR) is 97.0 cm³/mol. The van der Waals surface area contributed by atoms with Crippen LogP contribution in [0.4, 0.5) is 5.69 Å². The van der Waals surface area contributed by atoms with Crippen molar-refractivity contribution in [1.29, 1.82) is 0 Å². The first-order valence-corrected chi connectivity index (χ1v) is 9.52. The van der Waals surface area contributed by atoms with Gasteiger partial charge in [-0.2, -0.15) is 0 Å². The van der Waals surface area contributed by atoms with Gasteiger partial charge >= 0.3 is 0 Å². The number of carbonyl (C=O) groups is 2. The summed E-state index contributed by atoms with van der Waals surface area (Å²) in [4.78, 5) is 25.6. The third-order valence-electron chi connectivity index (χ3n) is 3.70. The van der Waals surface area contributed by atoms with Crippen molar-refractivity contribution in [3.63, 3.8) is 0 Å². The van der Waals surface area contributed by atoms with Gasteiger partial charge in [-0.15, -0.1) is 10.2 Å². The van der Waals surface area contributed by atoms with E-state index in [1.807, 2.05) is 24.3 Å². The Morgan fingerprint density at radius 2 is 2.16 bits per heavy atom. The van der Waals surface area contributed by atoms with Gasteiger partial charge in [0, 0.05) is 23.1 Å². The fourth-order valence-corrected chi connectivity index (χ4v) is 3.33. The zero-order chi connectivity index (χ0) is 17.8. The van der Waals surface area contributed by atoms with Gasteiger partial charge in [0.05, 0.1) is 11.8 Å². The van der Waals surface area contributed by atoms with Crippen LogP contribution in [0.1, 0.15) is 25.7 Å². The van der Waals surface area contributed by atoms with Crippen LogP contribution in [0.15, 0.2) is 38.4 Å². The summed E-state index contributed by atoms with van der Waals surface area (Å²) in [7, 11) is 0. The molecule has 1 unspecified atom stereocenters. The van der Waals surface area contributed by atoms with Crippen molar-refractivity contribution in [2.45, 2.75) is 36.8 Å². The number of nitrogens with zero attached hydrogens (tertiary/aromatic N) is 3. The SMILES string of the molecule is CC(Sc1nnc(CN2CCCC2=O)o1)C(=O)Nc1ccc(Br)cc1. The lowest BCUT2D eigenvalue weighted by Gasteiger charge is -2.11. The van der Waals surface area contributed by atoms with E-state index in [2.05, 4.69) is 31.4 Å². The Balaban J connectivity index is 1.53. The van der Waals surface area contributed by atoms with Crippen molar-refractivity contribution in [2.75, 3.05) is 11.9 Å². The summed E-state index contributed by atoms with van der Waals surface area (Å²) in [6.07, 6.45) is 1.44. The molecule has 1 aliphatic heterocycles. The number of anilines is 1. The lowest BCUT2D eigenvalue weighted by Crippen LogP contribution is -2.23. The number of likely N-dealkylation sites (tertiary alicyclic amines) is 1. The van der Waals surface area contributed by atoms with Crippen LogP contribution in [-0.4, -0.2) is 38.7 Å². The van der Waals surface area contributed by atoms with Crippen LogP contribution < -0.4 is 5.32 Å². The molecule has 0 saturated carbocycles. The normalized spacial score (nSPS) is 15.4. The van der Waals surface area contributed by atoms with E-state index < -0.39 is 5.25 Å². The molecular weight excluding hydrogens is 408 g/mol. The Hall–Kier alpha value is -1.87. The van der Waals surface area contributed by atoms with Crippen molar-refractivity contribution in [2.24, 2.45) is 0 Å². The van der Waals surface area contributed by atoms with Gasteiger partial charge in [0.1, 0.15) is 0 Å². The van der Waals surface area contributed by atoms with Crippen molar-refractivity contribution >= 4 is 45.2 Å². The Kier molecular flexibility index (Phi) is 5.74. The molecule has 1 fully saturated rings. The molecule has 9 heteroatoms. The maximum Gasteiger partial charge on any atom is 0.277 e. The number of nitrogens with one attached hydrogen (secondary N) is 1. The summed E-state index contributed by atoms with van der Waals surface area (Å²) >= 11 is 4.54. The zero-order valence-corrected chi connectivity index (χ0v) is 16.0. The molecule has 7 nitrogen and oxygen atoms in total. The van der Waals surface area contributed by atoms with Crippen LogP contribution in [-0.2, 0) is 16.1 Å². The van der Waals surface area contributed by atoms with Gasteiger partial charge in [-0.1, -0.05) is 27.7 Å². The van der Waals surface area contributed by atoms with Crippen molar-refractivity contribution in [3.05, 3.63) is 34.6 Å². The highest BCUT2D eigenvalue weighted by Gasteiger charge is 2.23. The Bertz CT molecular complexity index is 765. The maximum atomic E-state index is 12.2. The molecular formula is C16H17BrN4O3S. The molecule has 3 rings (SSSR count). The van der Waals surface area contributed by atoms with Gasteiger partial charge in [0.2, 0.25) is 17.7 Å². The third-order valence-corrected chi connectivity index (χ3v) is 5.17. The van der Waals surface area contributed by atoms with E-state index in [9.17, 15) is 9.59 Å². The third kappa shape index (κ3) is 4.82.